The molecule has 12 rings (SSSR count). The second-order valence-corrected chi connectivity index (χ2v) is 14.8. The van der Waals surface area contributed by atoms with Gasteiger partial charge in [-0.3, -0.25) is 9.47 Å². The van der Waals surface area contributed by atoms with Crippen molar-refractivity contribution < 1.29 is 4.74 Å². The normalized spacial score (nSPS) is 13.7. The highest BCUT2D eigenvalue weighted by molar-refractivity contribution is 6.26. The molecule has 278 valence electrons. The first kappa shape index (κ1) is 33.1. The molecule has 0 aliphatic carbocycles. The molecule has 4 heterocycles. The van der Waals surface area contributed by atoms with Crippen LogP contribution in [-0.4, -0.2) is 24.1 Å². The largest absolute Gasteiger partial charge is 0.464 e. The maximum absolute atomic E-state index is 6.72. The van der Waals surface area contributed by atoms with E-state index in [1.807, 2.05) is 78.9 Å². The molecule has 11 aromatic rings. The maximum Gasteiger partial charge on any atom is 0.238 e. The lowest BCUT2D eigenvalue weighted by atomic mass is 10.1. The SMILES string of the molecule is c1ccc(-c2nc(-c3ccccc3)nc(-n3c4ccc(N5c6ccccc6OC5c5ccccc5)cc4c4c3ccc3c5ccccc5n(-c5ccccc5)c34)n2)cc1. The predicted molar refractivity (Wildman–Crippen MR) is 238 cm³/mol. The molecule has 1 aliphatic rings. The fraction of sp³-hybridized carbons (Fsp3) is 0.0192. The molecule has 7 nitrogen and oxygen atoms in total. The van der Waals surface area contributed by atoms with Gasteiger partial charge in [0.1, 0.15) is 5.75 Å². The van der Waals surface area contributed by atoms with Crippen molar-refractivity contribution in [1.29, 1.82) is 0 Å². The smallest absolute Gasteiger partial charge is 0.238 e. The van der Waals surface area contributed by atoms with Crippen LogP contribution in [0.3, 0.4) is 0 Å². The zero-order valence-electron chi connectivity index (χ0n) is 31.7. The first-order valence-electron chi connectivity index (χ1n) is 19.8. The minimum Gasteiger partial charge on any atom is -0.464 e. The Morgan fingerprint density at radius 1 is 0.424 bits per heavy atom. The van der Waals surface area contributed by atoms with E-state index in [4.69, 9.17) is 19.7 Å². The van der Waals surface area contributed by atoms with Gasteiger partial charge >= 0.3 is 0 Å². The number of benzene rings is 8. The van der Waals surface area contributed by atoms with Gasteiger partial charge in [0.15, 0.2) is 11.6 Å². The molecule has 59 heavy (non-hydrogen) atoms. The molecule has 1 aliphatic heterocycles. The molecular weight excluding hydrogens is 725 g/mol. The molecule has 0 saturated carbocycles. The van der Waals surface area contributed by atoms with E-state index in [1.54, 1.807) is 0 Å². The molecule has 1 unspecified atom stereocenters. The molecule has 0 amide bonds. The summed E-state index contributed by atoms with van der Waals surface area (Å²) in [6.07, 6.45) is -0.347. The molecule has 1 atom stereocenters. The van der Waals surface area contributed by atoms with Crippen LogP contribution < -0.4 is 9.64 Å². The van der Waals surface area contributed by atoms with Gasteiger partial charge in [0, 0.05) is 49.6 Å². The van der Waals surface area contributed by atoms with Gasteiger partial charge in [-0.05, 0) is 54.6 Å². The van der Waals surface area contributed by atoms with Gasteiger partial charge in [0.05, 0.1) is 27.8 Å². The maximum atomic E-state index is 6.72. The van der Waals surface area contributed by atoms with Crippen LogP contribution in [0.1, 0.15) is 11.8 Å². The van der Waals surface area contributed by atoms with Crippen LogP contribution in [0, 0.1) is 0 Å². The van der Waals surface area contributed by atoms with Gasteiger partial charge in [-0.25, -0.2) is 4.98 Å². The third-order valence-electron chi connectivity index (χ3n) is 11.4. The quantitative estimate of drug-likeness (QED) is 0.169. The topological polar surface area (TPSA) is 61.0 Å². The van der Waals surface area contributed by atoms with Gasteiger partial charge in [-0.15, -0.1) is 0 Å². The van der Waals surface area contributed by atoms with Crippen LogP contribution in [0.2, 0.25) is 0 Å². The first-order chi connectivity index (χ1) is 29.3. The number of anilines is 2. The van der Waals surface area contributed by atoms with Gasteiger partial charge in [-0.2, -0.15) is 9.97 Å². The van der Waals surface area contributed by atoms with Crippen molar-refractivity contribution in [2.45, 2.75) is 6.23 Å². The van der Waals surface area contributed by atoms with Gasteiger partial charge in [0.2, 0.25) is 12.2 Å². The Morgan fingerprint density at radius 2 is 1.02 bits per heavy atom. The van der Waals surface area contributed by atoms with Gasteiger partial charge in [0.25, 0.3) is 0 Å². The summed E-state index contributed by atoms with van der Waals surface area (Å²) < 4.78 is 11.3. The number of ether oxygens (including phenoxy) is 1. The minimum atomic E-state index is -0.347. The third kappa shape index (κ3) is 5.25. The summed E-state index contributed by atoms with van der Waals surface area (Å²) in [5.74, 6) is 2.61. The molecule has 3 aromatic heterocycles. The summed E-state index contributed by atoms with van der Waals surface area (Å²) in [6.45, 7) is 0. The average Bonchev–Trinajstić information content (AvgIpc) is 3.98. The van der Waals surface area contributed by atoms with E-state index < -0.39 is 0 Å². The predicted octanol–water partition coefficient (Wildman–Crippen LogP) is 12.6. The Labute approximate surface area is 339 Å². The second-order valence-electron chi connectivity index (χ2n) is 14.8. The van der Waals surface area contributed by atoms with Crippen LogP contribution in [0.4, 0.5) is 11.4 Å². The van der Waals surface area contributed by atoms with Crippen LogP contribution in [0.25, 0.3) is 78.0 Å². The first-order valence-corrected chi connectivity index (χ1v) is 19.8. The van der Waals surface area contributed by atoms with E-state index in [-0.39, 0.29) is 6.23 Å². The Bertz CT molecular complexity index is 3300. The summed E-state index contributed by atoms with van der Waals surface area (Å²) in [4.78, 5) is 17.9. The molecule has 0 bridgehead atoms. The number of hydrogen-bond donors (Lipinski definition) is 0. The summed E-state index contributed by atoms with van der Waals surface area (Å²) in [5.41, 5.74) is 10.3. The highest BCUT2D eigenvalue weighted by Gasteiger charge is 2.34. The zero-order valence-corrected chi connectivity index (χ0v) is 31.7. The van der Waals surface area contributed by atoms with E-state index in [9.17, 15) is 0 Å². The Balaban J connectivity index is 1.21. The molecule has 0 fully saturated rings. The van der Waals surface area contributed by atoms with E-state index in [2.05, 4.69) is 135 Å². The zero-order chi connectivity index (χ0) is 38.9. The molecule has 0 spiro atoms. The molecular formula is C52H34N6O. The Hall–Kier alpha value is -8.03. The van der Waals surface area contributed by atoms with Gasteiger partial charge in [-0.1, -0.05) is 146 Å². The van der Waals surface area contributed by atoms with Crippen molar-refractivity contribution in [3.63, 3.8) is 0 Å². The lowest BCUT2D eigenvalue weighted by Gasteiger charge is -2.26. The highest BCUT2D eigenvalue weighted by atomic mass is 16.5. The van der Waals surface area contributed by atoms with Crippen molar-refractivity contribution in [3.8, 4) is 40.2 Å². The van der Waals surface area contributed by atoms with Crippen LogP contribution in [0.5, 0.6) is 5.75 Å². The van der Waals surface area contributed by atoms with Crippen LogP contribution >= 0.6 is 0 Å². The fourth-order valence-electron chi connectivity index (χ4n) is 8.82. The van der Waals surface area contributed by atoms with E-state index >= 15 is 0 Å². The summed E-state index contributed by atoms with van der Waals surface area (Å²) in [6, 6.07) is 69.6. The number of para-hydroxylation sites is 4. The third-order valence-corrected chi connectivity index (χ3v) is 11.4. The lowest BCUT2D eigenvalue weighted by Crippen LogP contribution is -2.22. The van der Waals surface area contributed by atoms with Crippen molar-refractivity contribution in [3.05, 3.63) is 206 Å². The molecule has 8 aromatic carbocycles. The summed E-state index contributed by atoms with van der Waals surface area (Å²) in [5, 5.41) is 4.53. The van der Waals surface area contributed by atoms with Crippen molar-refractivity contribution >= 4 is 55.0 Å². The van der Waals surface area contributed by atoms with E-state index in [0.29, 0.717) is 17.6 Å². The molecule has 0 N–H and O–H groups in total. The fourth-order valence-corrected chi connectivity index (χ4v) is 8.82. The highest BCUT2D eigenvalue weighted by Crippen LogP contribution is 2.49. The average molecular weight is 759 g/mol. The molecule has 0 saturated heterocycles. The van der Waals surface area contributed by atoms with Crippen molar-refractivity contribution in [2.75, 3.05) is 4.90 Å². The lowest BCUT2D eigenvalue weighted by molar-refractivity contribution is 0.240. The number of rotatable bonds is 6. The number of aromatic nitrogens is 5. The Morgan fingerprint density at radius 3 is 1.75 bits per heavy atom. The minimum absolute atomic E-state index is 0.347. The van der Waals surface area contributed by atoms with E-state index in [0.717, 1.165) is 72.3 Å². The van der Waals surface area contributed by atoms with Gasteiger partial charge < -0.3 is 9.30 Å². The second kappa shape index (κ2) is 13.3. The number of fused-ring (bicyclic) bond motifs is 8. The number of nitrogens with zero attached hydrogens (tertiary/aromatic N) is 6. The van der Waals surface area contributed by atoms with E-state index in [1.165, 1.54) is 10.8 Å². The van der Waals surface area contributed by atoms with Crippen LogP contribution in [0.15, 0.2) is 200 Å². The van der Waals surface area contributed by atoms with Crippen molar-refractivity contribution in [2.24, 2.45) is 0 Å². The monoisotopic (exact) mass is 758 g/mol. The summed E-state index contributed by atoms with van der Waals surface area (Å²) >= 11 is 0. The van der Waals surface area contributed by atoms with Crippen LogP contribution in [-0.2, 0) is 0 Å². The summed E-state index contributed by atoms with van der Waals surface area (Å²) in [7, 11) is 0. The molecule has 0 radical (unpaired) electrons. The molecule has 7 heteroatoms. The van der Waals surface area contributed by atoms with Crippen molar-refractivity contribution in [1.82, 2.24) is 24.1 Å². The standard InChI is InChI=1S/C52H34N6O/c1-5-17-34(18-6-1)49-53-50(35-19-7-2-8-20-35)55-52(54-49)58-43-31-29-38(57-44-27-15-16-28-46(44)59-51(57)36-21-9-3-10-22-36)33-41(43)47-45(58)32-30-40-39-25-13-14-26-42(39)56(48(40)47)37-23-11-4-12-24-37/h1-33,51H. The number of hydrogen-bond acceptors (Lipinski definition) is 5. The Kier molecular flexibility index (Phi) is 7.46.